The van der Waals surface area contributed by atoms with Crippen molar-refractivity contribution in [2.24, 2.45) is 0 Å². The first-order valence-corrected chi connectivity index (χ1v) is 40.1. The number of para-hydroxylation sites is 1. The highest BCUT2D eigenvalue weighted by molar-refractivity contribution is 8.76. The van der Waals surface area contributed by atoms with Gasteiger partial charge >= 0.3 is 23.5 Å². The molecule has 1 fully saturated rings. The first-order chi connectivity index (χ1) is 43.1. The molecule has 0 saturated carbocycles. The number of aromatic nitrogens is 3. The van der Waals surface area contributed by atoms with Crippen molar-refractivity contribution in [1.82, 2.24) is 14.5 Å². The number of phosphoric acid groups is 3. The van der Waals surface area contributed by atoms with Gasteiger partial charge in [-0.3, -0.25) is 23.9 Å². The lowest BCUT2D eigenvalue weighted by atomic mass is 9.81. The number of nitrogens with two attached hydrogens (primary N) is 1. The Morgan fingerprint density at radius 3 is 2.36 bits per heavy atom. The van der Waals surface area contributed by atoms with Crippen molar-refractivity contribution in [2.75, 3.05) is 60.8 Å². The quantitative estimate of drug-likeness (QED) is 0.00465. The van der Waals surface area contributed by atoms with Crippen molar-refractivity contribution in [3.63, 3.8) is 0 Å². The summed E-state index contributed by atoms with van der Waals surface area (Å²) in [6, 6.07) is 15.5. The fourth-order valence-electron chi connectivity index (χ4n) is 11.5. The van der Waals surface area contributed by atoms with Gasteiger partial charge in [-0.25, -0.2) is 13.7 Å². The summed E-state index contributed by atoms with van der Waals surface area (Å²) in [6.45, 7) is 15.3. The molecule has 0 bridgehead atoms. The number of nitrogen functional groups attached to an aromatic ring is 1. The Balaban J connectivity index is 0.747. The highest BCUT2D eigenvalue weighted by atomic mass is 33.1. The van der Waals surface area contributed by atoms with Gasteiger partial charge in [-0.15, -0.1) is 0 Å². The van der Waals surface area contributed by atoms with Crippen LogP contribution in [0.2, 0.25) is 0 Å². The van der Waals surface area contributed by atoms with Gasteiger partial charge in [0.15, 0.2) is 11.4 Å². The minimum Gasteiger partial charge on any atom is -0.370 e. The molecule has 3 unspecified atom stereocenters. The number of Topliss-reactive ketones (excluding diaryl/α,β-unsaturated/α-hetero) is 2. The standard InChI is InChI=1S/C62H85N6O16P3S4/c1-8-66-50-30-20-19-29-48(50)61(3,4)54(66)31-15-11-16-32-55-62(5,6)49-38-44(2)33-34-51(49)67(55)35-21-12-14-26-47(70)28-23-37-89-90-42-79-36-22-10-9-13-25-46(69)27-18-17-24-45-40-68(58-57(45)59(71)65-60(63)64-58)56-39-52(80-43-91(7)88)53(82-56)41-81-86(75,76)84-87(77,78)83-85(72,73)74/h11,15-16,19-20,29-34,38,40,52-53,56H,8-10,12-14,18,21-23,25-28,35-37,39,41-43H2,1-7H3,(H6-,63,64,65,71,72,73,74,75,76,77,78)/p+1/t52-,53+,56+,91?/m0/s1. The van der Waals surface area contributed by atoms with Gasteiger partial charge in [0.05, 0.1) is 35.0 Å². The SMILES string of the molecule is CCN1\C(=C/C=C/C=C/C2=[N+](CCCCCC(=O)CCCSSCOCCCCCCC(=O)CCC#Cc3cn([C@H]4C[C@H](OCS(C)=S)[C@@H](COP(=O)(O)OP(=O)(O)OP(=O)(O)O)O4)c4nc(N)[nH]c(=O)c34)c3ccc(C)cc3C2(C)C)C(C)(C)c2ccccc21. The number of unbranched alkanes of at least 4 members (excludes halogenated alkanes) is 5. The van der Waals surface area contributed by atoms with Crippen LogP contribution in [-0.4, -0.2) is 118 Å². The number of nitrogens with one attached hydrogen (secondary N) is 1. The number of H-pyrrole nitrogens is 1. The van der Waals surface area contributed by atoms with Gasteiger partial charge < -0.3 is 49.0 Å². The Bertz CT molecular complexity index is 3670. The molecular weight excluding hydrogens is 1310 g/mol. The maximum Gasteiger partial charge on any atom is 0.490 e. The zero-order chi connectivity index (χ0) is 66.2. The number of nitrogens with zero attached hydrogens (tertiary/aromatic N) is 4. The van der Waals surface area contributed by atoms with Gasteiger partial charge in [0.25, 0.3) is 5.56 Å². The predicted molar refractivity (Wildman–Crippen MR) is 364 cm³/mol. The van der Waals surface area contributed by atoms with E-state index in [4.69, 9.17) is 45.4 Å². The van der Waals surface area contributed by atoms with E-state index in [0.29, 0.717) is 37.6 Å². The van der Waals surface area contributed by atoms with E-state index in [-0.39, 0.29) is 64.4 Å². The number of carbonyl (C=O) groups excluding carboxylic acids is 2. The fourth-order valence-corrected chi connectivity index (χ4v) is 16.8. The molecule has 7 rings (SSSR count). The topological polar surface area (TPSA) is 305 Å². The normalized spacial score (nSPS) is 19.9. The van der Waals surface area contributed by atoms with E-state index in [9.17, 15) is 37.9 Å². The summed E-state index contributed by atoms with van der Waals surface area (Å²) in [5, 5.41) is 0.0870. The third-order valence-corrected chi connectivity index (χ3v) is 22.6. The summed E-state index contributed by atoms with van der Waals surface area (Å²) in [4.78, 5) is 85.3. The maximum absolute atomic E-state index is 13.2. The molecule has 0 amide bonds. The summed E-state index contributed by atoms with van der Waals surface area (Å²) in [7, 11) is -14.1. The van der Waals surface area contributed by atoms with E-state index < -0.39 is 63.5 Å². The lowest BCUT2D eigenvalue weighted by Gasteiger charge is -2.25. The summed E-state index contributed by atoms with van der Waals surface area (Å²) in [5.41, 5.74) is 14.6. The Morgan fingerprint density at radius 1 is 0.912 bits per heavy atom. The largest absolute Gasteiger partial charge is 0.490 e. The third-order valence-electron chi connectivity index (χ3n) is 15.8. The Kier molecular flexibility index (Phi) is 27.7. The van der Waals surface area contributed by atoms with Crippen molar-refractivity contribution in [1.29, 1.82) is 0 Å². The Morgan fingerprint density at radius 2 is 1.63 bits per heavy atom. The Hall–Kier alpha value is -4.19. The number of hydrogen-bond donors (Lipinski definition) is 6. The van der Waals surface area contributed by atoms with Crippen molar-refractivity contribution in [3.05, 3.63) is 117 Å². The summed E-state index contributed by atoms with van der Waals surface area (Å²) in [6.07, 6.45) is 20.6. The molecule has 5 heterocycles. The third kappa shape index (κ3) is 21.4. The van der Waals surface area contributed by atoms with E-state index in [1.54, 1.807) is 27.8 Å². The number of rotatable bonds is 37. The van der Waals surface area contributed by atoms with Crippen LogP contribution in [0.5, 0.6) is 0 Å². The van der Waals surface area contributed by atoms with Gasteiger partial charge in [-0.1, -0.05) is 118 Å². The molecule has 6 atom stereocenters. The molecule has 3 aliphatic heterocycles. The smallest absolute Gasteiger partial charge is 0.370 e. The lowest BCUT2D eigenvalue weighted by molar-refractivity contribution is -0.438. The molecule has 0 radical (unpaired) electrons. The van der Waals surface area contributed by atoms with Crippen LogP contribution in [-0.2, 0) is 82.1 Å². The van der Waals surface area contributed by atoms with E-state index in [1.165, 1.54) is 50.2 Å². The molecule has 22 nitrogen and oxygen atoms in total. The second kappa shape index (κ2) is 34.0. The molecule has 7 N–H and O–H groups in total. The zero-order valence-corrected chi connectivity index (χ0v) is 58.6. The Labute approximate surface area is 548 Å². The second-order valence-electron chi connectivity index (χ2n) is 23.5. The number of hydrogen-bond acceptors (Lipinski definition) is 18. The number of aryl methyl sites for hydroxylation is 1. The van der Waals surface area contributed by atoms with Crippen LogP contribution in [0, 0.1) is 18.8 Å². The zero-order valence-electron chi connectivity index (χ0n) is 52.6. The molecule has 2 aromatic heterocycles. The molecule has 498 valence electrons. The number of allylic oxidation sites excluding steroid dienone is 6. The van der Waals surface area contributed by atoms with Crippen molar-refractivity contribution in [2.45, 2.75) is 161 Å². The predicted octanol–water partition coefficient (Wildman–Crippen LogP) is 12.1. The number of anilines is 2. The van der Waals surface area contributed by atoms with Crippen molar-refractivity contribution in [3.8, 4) is 11.8 Å². The number of ketones is 2. The molecule has 1 saturated heterocycles. The summed E-state index contributed by atoms with van der Waals surface area (Å²) >= 11 is 5.24. The van der Waals surface area contributed by atoms with Crippen molar-refractivity contribution >= 4 is 111 Å². The molecule has 29 heteroatoms. The van der Waals surface area contributed by atoms with Crippen LogP contribution in [0.25, 0.3) is 11.0 Å². The van der Waals surface area contributed by atoms with Crippen molar-refractivity contribution < 1.29 is 74.8 Å². The first-order valence-electron chi connectivity index (χ1n) is 30.4. The number of carbonyl (C=O) groups is 2. The monoisotopic (exact) mass is 1390 g/mol. The van der Waals surface area contributed by atoms with E-state index >= 15 is 0 Å². The first kappa shape index (κ1) is 74.2. The highest BCUT2D eigenvalue weighted by Crippen LogP contribution is 2.66. The maximum atomic E-state index is 13.2. The van der Waals surface area contributed by atoms with E-state index in [2.05, 4.69) is 154 Å². The minimum absolute atomic E-state index is 0.0535. The molecule has 0 spiro atoms. The van der Waals surface area contributed by atoms with Gasteiger partial charge in [0, 0.05) is 105 Å². The van der Waals surface area contributed by atoms with Crippen LogP contribution in [0.4, 0.5) is 17.3 Å². The van der Waals surface area contributed by atoms with Gasteiger partial charge in [0.1, 0.15) is 36.4 Å². The highest BCUT2D eigenvalue weighted by Gasteiger charge is 2.46. The number of likely N-dealkylation sites (N-methyl/N-ethyl adjacent to an activating group) is 1. The fraction of sp³-hybridized carbons (Fsp3) is 0.532. The van der Waals surface area contributed by atoms with Crippen LogP contribution >= 0.6 is 45.1 Å². The summed E-state index contributed by atoms with van der Waals surface area (Å²) < 4.78 is 69.7. The van der Waals surface area contributed by atoms with Crippen LogP contribution in [0.3, 0.4) is 0 Å². The van der Waals surface area contributed by atoms with Crippen LogP contribution < -0.4 is 16.2 Å². The molecule has 0 aliphatic carbocycles. The minimum atomic E-state index is -5.77. The average molecular weight is 1390 g/mol. The van der Waals surface area contributed by atoms with E-state index in [1.807, 2.05) is 0 Å². The average Bonchev–Trinajstić information content (AvgIpc) is 1.68. The molecule has 2 aromatic carbocycles. The van der Waals surface area contributed by atoms with Gasteiger partial charge in [0.2, 0.25) is 11.6 Å². The molecular formula is C62H86N6O16P3S4+. The number of aromatic amines is 1. The number of phosphoric ester groups is 1. The number of benzene rings is 2. The summed E-state index contributed by atoms with van der Waals surface area (Å²) in [5.74, 6) is 7.64. The second-order valence-corrected chi connectivity index (χ2v) is 33.6. The van der Waals surface area contributed by atoms with Gasteiger partial charge in [-0.2, -0.15) is 18.2 Å². The lowest BCUT2D eigenvalue weighted by Crippen LogP contribution is -2.29. The molecule has 4 aromatic rings. The molecule has 3 aliphatic rings. The van der Waals surface area contributed by atoms with E-state index in [0.717, 1.165) is 70.2 Å². The van der Waals surface area contributed by atoms with Crippen LogP contribution in [0.15, 0.2) is 89.5 Å². The number of fused-ring (bicyclic) bond motifs is 3. The molecule has 91 heavy (non-hydrogen) atoms. The number of ether oxygens (including phenoxy) is 3. The van der Waals surface area contributed by atoms with Gasteiger partial charge in [-0.05, 0) is 101 Å². The van der Waals surface area contributed by atoms with Crippen LogP contribution in [0.1, 0.15) is 153 Å².